The minimum absolute atomic E-state index is 0.0639. The summed E-state index contributed by atoms with van der Waals surface area (Å²) in [5.74, 6) is -0.971. The van der Waals surface area contributed by atoms with Crippen molar-refractivity contribution in [1.29, 1.82) is 0 Å². The summed E-state index contributed by atoms with van der Waals surface area (Å²) in [6.45, 7) is 3.60. The highest BCUT2D eigenvalue weighted by Gasteiger charge is 2.21. The van der Waals surface area contributed by atoms with E-state index in [1.54, 1.807) is 38.1 Å². The molecule has 0 aliphatic carbocycles. The van der Waals surface area contributed by atoms with Gasteiger partial charge in [-0.25, -0.2) is 9.59 Å². The zero-order valence-electron chi connectivity index (χ0n) is 18.1. The molecule has 1 atom stereocenters. The number of nitrogens with one attached hydrogen (secondary N) is 1. The van der Waals surface area contributed by atoms with Crippen LogP contribution in [0.2, 0.25) is 0 Å². The highest BCUT2D eigenvalue weighted by molar-refractivity contribution is 5.86. The first kappa shape index (κ1) is 22.9. The van der Waals surface area contributed by atoms with Crippen LogP contribution in [0.3, 0.4) is 0 Å². The van der Waals surface area contributed by atoms with Crippen molar-refractivity contribution >= 4 is 22.8 Å². The lowest BCUT2D eigenvalue weighted by atomic mass is 10.00. The zero-order valence-corrected chi connectivity index (χ0v) is 18.1. The Morgan fingerprint density at radius 1 is 1.09 bits per heavy atom. The second-order valence-electron chi connectivity index (χ2n) is 7.59. The van der Waals surface area contributed by atoms with Crippen molar-refractivity contribution in [3.63, 3.8) is 0 Å². The third-order valence-electron chi connectivity index (χ3n) is 5.49. The molecule has 0 aliphatic rings. The maximum Gasteiger partial charge on any atom is 0.339 e. The highest BCUT2D eigenvalue weighted by atomic mass is 16.5. The number of hydrogen-bond donors (Lipinski definition) is 3. The first-order valence-electron chi connectivity index (χ1n) is 10.1. The fourth-order valence-corrected chi connectivity index (χ4v) is 3.65. The van der Waals surface area contributed by atoms with Crippen molar-refractivity contribution in [3.05, 3.63) is 69.1 Å². The highest BCUT2D eigenvalue weighted by Crippen LogP contribution is 2.29. The Bertz CT molecular complexity index is 1210. The van der Waals surface area contributed by atoms with Crippen molar-refractivity contribution < 1.29 is 29.0 Å². The summed E-state index contributed by atoms with van der Waals surface area (Å²) in [6.07, 6.45) is 0.123. The van der Waals surface area contributed by atoms with Gasteiger partial charge in [0.2, 0.25) is 5.91 Å². The Morgan fingerprint density at radius 3 is 2.41 bits per heavy atom. The summed E-state index contributed by atoms with van der Waals surface area (Å²) < 4.78 is 10.8. The molecule has 0 saturated heterocycles. The summed E-state index contributed by atoms with van der Waals surface area (Å²) in [4.78, 5) is 36.6. The van der Waals surface area contributed by atoms with E-state index < -0.39 is 23.5 Å². The summed E-state index contributed by atoms with van der Waals surface area (Å²) >= 11 is 0. The van der Waals surface area contributed by atoms with E-state index in [0.717, 1.165) is 5.39 Å². The first-order valence-corrected chi connectivity index (χ1v) is 10.1. The average Bonchev–Trinajstić information content (AvgIpc) is 2.75. The van der Waals surface area contributed by atoms with Crippen LogP contribution in [0.1, 0.15) is 28.7 Å². The number of carboxylic acids is 1. The third kappa shape index (κ3) is 4.91. The number of amides is 1. The van der Waals surface area contributed by atoms with E-state index in [2.05, 4.69) is 5.32 Å². The molecule has 1 aromatic heterocycles. The van der Waals surface area contributed by atoms with Gasteiger partial charge in [0, 0.05) is 29.4 Å². The van der Waals surface area contributed by atoms with Crippen LogP contribution in [0.5, 0.6) is 11.5 Å². The van der Waals surface area contributed by atoms with E-state index in [0.29, 0.717) is 33.6 Å². The lowest BCUT2D eigenvalue weighted by Crippen LogP contribution is -2.42. The molecule has 0 aliphatic heterocycles. The number of aryl methyl sites for hydroxylation is 2. The number of aliphatic carboxylic acids is 1. The van der Waals surface area contributed by atoms with E-state index in [-0.39, 0.29) is 25.0 Å². The number of aromatic hydroxyl groups is 1. The van der Waals surface area contributed by atoms with Crippen LogP contribution < -0.4 is 15.7 Å². The molecule has 0 radical (unpaired) electrons. The maximum absolute atomic E-state index is 12.6. The first-order chi connectivity index (χ1) is 15.2. The molecular formula is C24H25NO7. The number of phenolic OH excluding ortho intramolecular Hbond substituents is 1. The number of fused-ring (bicyclic) bond motifs is 1. The van der Waals surface area contributed by atoms with Crippen LogP contribution in [0, 0.1) is 13.8 Å². The van der Waals surface area contributed by atoms with Gasteiger partial charge in [0.25, 0.3) is 0 Å². The molecule has 0 spiro atoms. The van der Waals surface area contributed by atoms with Crippen molar-refractivity contribution in [2.45, 2.75) is 39.2 Å². The minimum Gasteiger partial charge on any atom is -0.508 e. The molecule has 8 nitrogen and oxygen atoms in total. The number of hydrogen-bond acceptors (Lipinski definition) is 6. The summed E-state index contributed by atoms with van der Waals surface area (Å²) in [5, 5.41) is 22.1. The largest absolute Gasteiger partial charge is 0.508 e. The van der Waals surface area contributed by atoms with E-state index in [9.17, 15) is 24.6 Å². The lowest BCUT2D eigenvalue weighted by Gasteiger charge is -2.15. The predicted molar refractivity (Wildman–Crippen MR) is 118 cm³/mol. The van der Waals surface area contributed by atoms with Gasteiger partial charge in [0.05, 0.1) is 7.11 Å². The fourth-order valence-electron chi connectivity index (χ4n) is 3.65. The molecule has 8 heteroatoms. The summed E-state index contributed by atoms with van der Waals surface area (Å²) in [7, 11) is 1.54. The molecular weight excluding hydrogens is 414 g/mol. The number of carbonyl (C=O) groups is 2. The molecule has 0 saturated carbocycles. The van der Waals surface area contributed by atoms with Gasteiger partial charge in [-0.3, -0.25) is 4.79 Å². The van der Waals surface area contributed by atoms with Crippen LogP contribution >= 0.6 is 0 Å². The molecule has 0 unspecified atom stereocenters. The Kier molecular flexibility index (Phi) is 6.82. The number of methoxy groups -OCH3 is 1. The minimum atomic E-state index is -1.17. The predicted octanol–water partition coefficient (Wildman–Crippen LogP) is 2.87. The number of carboxylic acid groups (broad SMARTS) is 1. The molecule has 0 fully saturated rings. The van der Waals surface area contributed by atoms with Crippen molar-refractivity contribution in [1.82, 2.24) is 5.32 Å². The smallest absolute Gasteiger partial charge is 0.339 e. The SMILES string of the molecule is COc1ccc2c(C)c(CCC(=O)N[C@@H](Cc3ccc(O)cc3)C(=O)O)c(=O)oc2c1C. The summed E-state index contributed by atoms with van der Waals surface area (Å²) in [5.41, 5.74) is 2.38. The van der Waals surface area contributed by atoms with Crippen LogP contribution in [0.25, 0.3) is 11.0 Å². The van der Waals surface area contributed by atoms with E-state index >= 15 is 0 Å². The van der Waals surface area contributed by atoms with Crippen molar-refractivity contribution in [3.8, 4) is 11.5 Å². The molecule has 32 heavy (non-hydrogen) atoms. The number of carbonyl (C=O) groups excluding carboxylic acids is 1. The van der Waals surface area contributed by atoms with Gasteiger partial charge in [-0.05, 0) is 55.7 Å². The number of phenols is 1. The van der Waals surface area contributed by atoms with Crippen LogP contribution in [-0.2, 0) is 22.4 Å². The molecule has 3 aromatic rings. The van der Waals surface area contributed by atoms with Gasteiger partial charge in [-0.15, -0.1) is 0 Å². The van der Waals surface area contributed by atoms with E-state index in [1.165, 1.54) is 19.2 Å². The van der Waals surface area contributed by atoms with Crippen LogP contribution in [0.4, 0.5) is 0 Å². The van der Waals surface area contributed by atoms with E-state index in [4.69, 9.17) is 9.15 Å². The van der Waals surface area contributed by atoms with Gasteiger partial charge < -0.3 is 24.7 Å². The maximum atomic E-state index is 12.6. The Balaban J connectivity index is 1.73. The number of benzene rings is 2. The van der Waals surface area contributed by atoms with Crippen LogP contribution in [-0.4, -0.2) is 35.2 Å². The number of rotatable bonds is 8. The van der Waals surface area contributed by atoms with Gasteiger partial charge in [0.15, 0.2) is 0 Å². The molecule has 3 rings (SSSR count). The Morgan fingerprint density at radius 2 is 1.78 bits per heavy atom. The lowest BCUT2D eigenvalue weighted by molar-refractivity contribution is -0.141. The molecule has 168 valence electrons. The molecule has 3 N–H and O–H groups in total. The van der Waals surface area contributed by atoms with Gasteiger partial charge in [0.1, 0.15) is 23.1 Å². The van der Waals surface area contributed by atoms with Crippen LogP contribution in [0.15, 0.2) is 45.6 Å². The van der Waals surface area contributed by atoms with Crippen molar-refractivity contribution in [2.24, 2.45) is 0 Å². The third-order valence-corrected chi connectivity index (χ3v) is 5.49. The van der Waals surface area contributed by atoms with Gasteiger partial charge in [-0.2, -0.15) is 0 Å². The number of ether oxygens (including phenoxy) is 1. The summed E-state index contributed by atoms with van der Waals surface area (Å²) in [6, 6.07) is 8.57. The quantitative estimate of drug-likeness (QED) is 0.461. The zero-order chi connectivity index (χ0) is 23.4. The Hall–Kier alpha value is -3.81. The second-order valence-corrected chi connectivity index (χ2v) is 7.59. The molecule has 1 amide bonds. The van der Waals surface area contributed by atoms with E-state index in [1.807, 2.05) is 0 Å². The normalized spacial score (nSPS) is 11.8. The standard InChI is InChI=1S/C24H25NO7/c1-13-17-8-10-20(31-3)14(2)22(17)32-24(30)18(13)9-11-21(27)25-19(23(28)29)12-15-4-6-16(26)7-5-15/h4-8,10,19,26H,9,11-12H2,1-3H3,(H,25,27)(H,28,29)/t19-/m0/s1. The monoisotopic (exact) mass is 439 g/mol. The molecule has 2 aromatic carbocycles. The van der Waals surface area contributed by atoms with Gasteiger partial charge in [-0.1, -0.05) is 12.1 Å². The Labute approximate surface area is 184 Å². The molecule has 1 heterocycles. The molecule has 0 bridgehead atoms. The van der Waals surface area contributed by atoms with Gasteiger partial charge >= 0.3 is 11.6 Å². The second kappa shape index (κ2) is 9.55. The topological polar surface area (TPSA) is 126 Å². The van der Waals surface area contributed by atoms with Crippen molar-refractivity contribution in [2.75, 3.05) is 7.11 Å². The fraction of sp³-hybridized carbons (Fsp3) is 0.292. The average molecular weight is 439 g/mol.